The van der Waals surface area contributed by atoms with Crippen LogP contribution < -0.4 is 11.1 Å². The van der Waals surface area contributed by atoms with Gasteiger partial charge in [0.2, 0.25) is 5.91 Å². The van der Waals surface area contributed by atoms with Crippen LogP contribution >= 0.6 is 12.4 Å². The summed E-state index contributed by atoms with van der Waals surface area (Å²) in [5.41, 5.74) is 5.63. The molecular weight excluding hydrogens is 262 g/mol. The predicted octanol–water partition coefficient (Wildman–Crippen LogP) is 2.70. The van der Waals surface area contributed by atoms with Crippen LogP contribution in [0.4, 0.5) is 14.5 Å². The Kier molecular flexibility index (Phi) is 6.80. The lowest BCUT2D eigenvalue weighted by atomic mass is 9.99. The molecule has 0 aliphatic heterocycles. The van der Waals surface area contributed by atoms with E-state index in [1.54, 1.807) is 0 Å². The molecule has 1 amide bonds. The summed E-state index contributed by atoms with van der Waals surface area (Å²) in [6, 6.07) is 2.26. The van der Waals surface area contributed by atoms with Crippen molar-refractivity contribution in [2.45, 2.75) is 26.3 Å². The van der Waals surface area contributed by atoms with E-state index in [1.165, 1.54) is 6.07 Å². The largest absolute Gasteiger partial charge is 0.322 e. The fourth-order valence-corrected chi connectivity index (χ4v) is 1.32. The van der Waals surface area contributed by atoms with E-state index in [9.17, 15) is 13.6 Å². The Morgan fingerprint density at radius 2 is 2.06 bits per heavy atom. The fraction of sp³-hybridized carbons (Fsp3) is 0.417. The van der Waals surface area contributed by atoms with Crippen molar-refractivity contribution >= 4 is 24.0 Å². The van der Waals surface area contributed by atoms with Crippen molar-refractivity contribution < 1.29 is 13.6 Å². The van der Waals surface area contributed by atoms with Crippen molar-refractivity contribution in [1.29, 1.82) is 0 Å². The molecule has 2 unspecified atom stereocenters. The van der Waals surface area contributed by atoms with Gasteiger partial charge in [0.05, 0.1) is 11.7 Å². The smallest absolute Gasteiger partial charge is 0.241 e. The van der Waals surface area contributed by atoms with Crippen LogP contribution in [-0.2, 0) is 4.79 Å². The van der Waals surface area contributed by atoms with Crippen molar-refractivity contribution in [2.75, 3.05) is 5.32 Å². The summed E-state index contributed by atoms with van der Waals surface area (Å²) in [6.45, 7) is 3.75. The van der Waals surface area contributed by atoms with Gasteiger partial charge >= 0.3 is 0 Å². The summed E-state index contributed by atoms with van der Waals surface area (Å²) in [6.07, 6.45) is 0.750. The Morgan fingerprint density at radius 1 is 1.44 bits per heavy atom. The van der Waals surface area contributed by atoms with E-state index in [0.29, 0.717) is 6.07 Å². The van der Waals surface area contributed by atoms with E-state index in [-0.39, 0.29) is 24.0 Å². The van der Waals surface area contributed by atoms with Crippen molar-refractivity contribution in [3.05, 3.63) is 29.8 Å². The fourth-order valence-electron chi connectivity index (χ4n) is 1.32. The van der Waals surface area contributed by atoms with Gasteiger partial charge in [-0.3, -0.25) is 4.79 Å². The molecule has 0 aromatic heterocycles. The third kappa shape index (κ3) is 4.23. The SMILES string of the molecule is CCC(C)C(N)C(=O)Nc1ccc(F)cc1F.Cl. The number of carbonyl (C=O) groups excluding carboxylic acids is 1. The van der Waals surface area contributed by atoms with Gasteiger partial charge in [0.25, 0.3) is 0 Å². The average Bonchev–Trinajstić information content (AvgIpc) is 2.30. The van der Waals surface area contributed by atoms with Crippen LogP contribution in [0.5, 0.6) is 0 Å². The molecule has 18 heavy (non-hydrogen) atoms. The van der Waals surface area contributed by atoms with Crippen LogP contribution in [0.2, 0.25) is 0 Å². The number of nitrogens with one attached hydrogen (secondary N) is 1. The minimum Gasteiger partial charge on any atom is -0.322 e. The molecule has 0 aliphatic rings. The van der Waals surface area contributed by atoms with Gasteiger partial charge < -0.3 is 11.1 Å². The van der Waals surface area contributed by atoms with Gasteiger partial charge in [0, 0.05) is 6.07 Å². The Balaban J connectivity index is 0.00000289. The second kappa shape index (κ2) is 7.28. The molecule has 0 fully saturated rings. The molecule has 1 rings (SSSR count). The highest BCUT2D eigenvalue weighted by atomic mass is 35.5. The summed E-state index contributed by atoms with van der Waals surface area (Å²) in [4.78, 5) is 11.7. The summed E-state index contributed by atoms with van der Waals surface area (Å²) in [7, 11) is 0. The zero-order valence-electron chi connectivity index (χ0n) is 10.2. The second-order valence-corrected chi connectivity index (χ2v) is 4.02. The Morgan fingerprint density at radius 3 is 2.56 bits per heavy atom. The van der Waals surface area contributed by atoms with E-state index in [2.05, 4.69) is 5.32 Å². The lowest BCUT2D eigenvalue weighted by Crippen LogP contribution is -2.40. The maximum absolute atomic E-state index is 13.3. The maximum Gasteiger partial charge on any atom is 0.241 e. The van der Waals surface area contributed by atoms with Crippen molar-refractivity contribution in [3.63, 3.8) is 0 Å². The number of anilines is 1. The molecule has 1 aromatic rings. The van der Waals surface area contributed by atoms with Crippen LogP contribution in [-0.4, -0.2) is 11.9 Å². The molecular formula is C12H17ClF2N2O. The molecule has 102 valence electrons. The predicted molar refractivity (Wildman–Crippen MR) is 69.7 cm³/mol. The van der Waals surface area contributed by atoms with Crippen molar-refractivity contribution in [3.8, 4) is 0 Å². The molecule has 0 radical (unpaired) electrons. The maximum atomic E-state index is 13.3. The molecule has 3 N–H and O–H groups in total. The number of rotatable bonds is 4. The van der Waals surface area contributed by atoms with Crippen LogP contribution in [0, 0.1) is 17.6 Å². The summed E-state index contributed by atoms with van der Waals surface area (Å²) in [5, 5.41) is 2.35. The van der Waals surface area contributed by atoms with Gasteiger partial charge in [-0.25, -0.2) is 8.78 Å². The second-order valence-electron chi connectivity index (χ2n) is 4.02. The van der Waals surface area contributed by atoms with Gasteiger partial charge in [-0.1, -0.05) is 20.3 Å². The lowest BCUT2D eigenvalue weighted by molar-refractivity contribution is -0.118. The van der Waals surface area contributed by atoms with E-state index in [4.69, 9.17) is 5.73 Å². The number of carbonyl (C=O) groups is 1. The third-order valence-corrected chi connectivity index (χ3v) is 2.75. The number of hydrogen-bond acceptors (Lipinski definition) is 2. The van der Waals surface area contributed by atoms with E-state index >= 15 is 0 Å². The highest BCUT2D eigenvalue weighted by Crippen LogP contribution is 2.16. The minimum absolute atomic E-state index is 0. The molecule has 2 atom stereocenters. The quantitative estimate of drug-likeness (QED) is 0.890. The molecule has 0 spiro atoms. The number of hydrogen-bond donors (Lipinski definition) is 2. The third-order valence-electron chi connectivity index (χ3n) is 2.75. The first-order valence-electron chi connectivity index (χ1n) is 5.47. The van der Waals surface area contributed by atoms with Gasteiger partial charge in [-0.05, 0) is 18.1 Å². The Hall–Kier alpha value is -1.20. The normalized spacial score (nSPS) is 13.4. The molecule has 3 nitrogen and oxygen atoms in total. The number of halogens is 3. The van der Waals surface area contributed by atoms with Gasteiger partial charge in [-0.2, -0.15) is 0 Å². The lowest BCUT2D eigenvalue weighted by Gasteiger charge is -2.17. The Labute approximate surface area is 111 Å². The number of amides is 1. The zero-order valence-corrected chi connectivity index (χ0v) is 11.1. The first kappa shape index (κ1) is 16.8. The first-order chi connectivity index (χ1) is 7.95. The zero-order chi connectivity index (χ0) is 13.0. The van der Waals surface area contributed by atoms with Crippen LogP contribution in [0.1, 0.15) is 20.3 Å². The van der Waals surface area contributed by atoms with Gasteiger partial charge in [0.1, 0.15) is 11.6 Å². The minimum atomic E-state index is -0.810. The summed E-state index contributed by atoms with van der Waals surface area (Å²) >= 11 is 0. The van der Waals surface area contributed by atoms with E-state index in [1.807, 2.05) is 13.8 Å². The van der Waals surface area contributed by atoms with E-state index < -0.39 is 23.6 Å². The van der Waals surface area contributed by atoms with Crippen LogP contribution in [0.15, 0.2) is 18.2 Å². The topological polar surface area (TPSA) is 55.1 Å². The number of benzene rings is 1. The monoisotopic (exact) mass is 278 g/mol. The molecule has 0 heterocycles. The Bertz CT molecular complexity index is 415. The molecule has 0 saturated carbocycles. The van der Waals surface area contributed by atoms with Gasteiger partial charge in [0.15, 0.2) is 0 Å². The molecule has 0 aliphatic carbocycles. The number of nitrogens with two attached hydrogens (primary N) is 1. The average molecular weight is 279 g/mol. The molecule has 0 saturated heterocycles. The summed E-state index contributed by atoms with van der Waals surface area (Å²) < 4.78 is 25.9. The highest BCUT2D eigenvalue weighted by Gasteiger charge is 2.20. The molecule has 0 bridgehead atoms. The van der Waals surface area contributed by atoms with Crippen LogP contribution in [0.25, 0.3) is 0 Å². The van der Waals surface area contributed by atoms with Crippen molar-refractivity contribution in [1.82, 2.24) is 0 Å². The van der Waals surface area contributed by atoms with Gasteiger partial charge in [-0.15, -0.1) is 12.4 Å². The molecule has 1 aromatic carbocycles. The highest BCUT2D eigenvalue weighted by molar-refractivity contribution is 5.94. The standard InChI is InChI=1S/C12H16F2N2O.ClH/c1-3-7(2)11(15)12(17)16-10-5-4-8(13)6-9(10)14;/h4-7,11H,3,15H2,1-2H3,(H,16,17);1H. The van der Waals surface area contributed by atoms with E-state index in [0.717, 1.165) is 12.5 Å². The van der Waals surface area contributed by atoms with Crippen molar-refractivity contribution in [2.24, 2.45) is 11.7 Å². The van der Waals surface area contributed by atoms with Crippen LogP contribution in [0.3, 0.4) is 0 Å². The summed E-state index contributed by atoms with van der Waals surface area (Å²) in [5.74, 6) is -1.97. The molecule has 6 heteroatoms. The first-order valence-corrected chi connectivity index (χ1v) is 5.47.